The summed E-state index contributed by atoms with van der Waals surface area (Å²) in [6, 6.07) is 0. The SMILES string of the molecule is C=C(C)CCC(CC=C[C@H]1CCC(=O)[C@@H]1CCSc1nc(C(=O)OCC)cs1)O[Si](C)(C)C(C)(C)C. The van der Waals surface area contributed by atoms with Gasteiger partial charge in [0.05, 0.1) is 6.61 Å². The number of ketones is 1. The van der Waals surface area contributed by atoms with Gasteiger partial charge in [-0.2, -0.15) is 0 Å². The van der Waals surface area contributed by atoms with E-state index in [1.165, 1.54) is 16.9 Å². The summed E-state index contributed by atoms with van der Waals surface area (Å²) < 4.78 is 12.6. The molecule has 1 fully saturated rings. The topological polar surface area (TPSA) is 65.5 Å². The Balaban J connectivity index is 1.93. The van der Waals surface area contributed by atoms with E-state index in [4.69, 9.17) is 9.16 Å². The van der Waals surface area contributed by atoms with Gasteiger partial charge in [0.1, 0.15) is 5.78 Å². The molecule has 0 radical (unpaired) electrons. The van der Waals surface area contributed by atoms with Crippen molar-refractivity contribution in [2.24, 2.45) is 11.8 Å². The molecule has 2 rings (SSSR count). The van der Waals surface area contributed by atoms with Gasteiger partial charge in [-0.25, -0.2) is 9.78 Å². The van der Waals surface area contributed by atoms with Crippen LogP contribution >= 0.6 is 23.1 Å². The van der Waals surface area contributed by atoms with Crippen LogP contribution in [0.25, 0.3) is 0 Å². The van der Waals surface area contributed by atoms with Crippen LogP contribution in [-0.4, -0.2) is 43.5 Å². The predicted octanol–water partition coefficient (Wildman–Crippen LogP) is 8.09. The third-order valence-electron chi connectivity index (χ3n) is 7.22. The molecule has 1 heterocycles. The number of thioether (sulfide) groups is 1. The normalized spacial score (nSPS) is 19.7. The highest BCUT2D eigenvalue weighted by Crippen LogP contribution is 2.39. The Morgan fingerprint density at radius 1 is 1.39 bits per heavy atom. The Morgan fingerprint density at radius 3 is 2.75 bits per heavy atom. The molecule has 8 heteroatoms. The maximum atomic E-state index is 12.6. The Morgan fingerprint density at radius 2 is 2.11 bits per heavy atom. The average molecular weight is 552 g/mol. The minimum Gasteiger partial charge on any atom is -0.461 e. The number of rotatable bonds is 14. The highest BCUT2D eigenvalue weighted by molar-refractivity contribution is 8.01. The van der Waals surface area contributed by atoms with Crippen molar-refractivity contribution in [1.82, 2.24) is 4.98 Å². The molecule has 0 spiro atoms. The quantitative estimate of drug-likeness (QED) is 0.101. The lowest BCUT2D eigenvalue weighted by Gasteiger charge is -2.39. The lowest BCUT2D eigenvalue weighted by atomic mass is 9.92. The highest BCUT2D eigenvalue weighted by Gasteiger charge is 2.39. The summed E-state index contributed by atoms with van der Waals surface area (Å²) in [7, 11) is -1.86. The lowest BCUT2D eigenvalue weighted by Crippen LogP contribution is -2.43. The zero-order valence-corrected chi connectivity index (χ0v) is 25.9. The van der Waals surface area contributed by atoms with Gasteiger partial charge in [0.15, 0.2) is 18.4 Å². The summed E-state index contributed by atoms with van der Waals surface area (Å²) in [4.78, 5) is 28.8. The number of ether oxygens (including phenoxy) is 1. The molecule has 0 saturated heterocycles. The van der Waals surface area contributed by atoms with E-state index >= 15 is 0 Å². The first kappa shape index (κ1) is 31.0. The van der Waals surface area contributed by atoms with Gasteiger partial charge in [-0.05, 0) is 70.0 Å². The van der Waals surface area contributed by atoms with Gasteiger partial charge < -0.3 is 9.16 Å². The number of Topliss-reactive ketones (excluding diaryl/α,β-unsaturated/α-hetero) is 1. The number of nitrogens with zero attached hydrogens (tertiary/aromatic N) is 1. The molecular weight excluding hydrogens is 507 g/mol. The molecule has 202 valence electrons. The van der Waals surface area contributed by atoms with Gasteiger partial charge in [-0.1, -0.05) is 50.3 Å². The number of carbonyl (C=O) groups excluding carboxylic acids is 2. The molecule has 1 aliphatic carbocycles. The molecule has 1 saturated carbocycles. The number of esters is 1. The Bertz CT molecular complexity index is 919. The Hall–Kier alpha value is -1.22. The number of hydrogen-bond acceptors (Lipinski definition) is 7. The van der Waals surface area contributed by atoms with E-state index in [0.29, 0.717) is 30.4 Å². The van der Waals surface area contributed by atoms with E-state index in [0.717, 1.165) is 42.2 Å². The molecular formula is C28H45NO4S2Si. The molecule has 1 aliphatic rings. The zero-order valence-electron chi connectivity index (χ0n) is 23.2. The molecule has 5 nitrogen and oxygen atoms in total. The van der Waals surface area contributed by atoms with E-state index in [2.05, 4.69) is 64.5 Å². The van der Waals surface area contributed by atoms with E-state index in [1.807, 2.05) is 0 Å². The first-order valence-corrected chi connectivity index (χ1v) is 17.9. The fourth-order valence-corrected chi connectivity index (χ4v) is 7.36. The van der Waals surface area contributed by atoms with Crippen molar-refractivity contribution >= 4 is 43.2 Å². The molecule has 1 aromatic rings. The second-order valence-corrected chi connectivity index (χ2v) is 18.2. The summed E-state index contributed by atoms with van der Waals surface area (Å²) in [5, 5.41) is 1.91. The monoisotopic (exact) mass is 551 g/mol. The van der Waals surface area contributed by atoms with Gasteiger partial charge in [0, 0.05) is 29.6 Å². The number of thiazole rings is 1. The summed E-state index contributed by atoms with van der Waals surface area (Å²) in [6.07, 6.45) is 9.96. The predicted molar refractivity (Wildman–Crippen MR) is 155 cm³/mol. The van der Waals surface area contributed by atoms with Gasteiger partial charge in [-0.15, -0.1) is 17.9 Å². The molecule has 36 heavy (non-hydrogen) atoms. The van der Waals surface area contributed by atoms with Crippen molar-refractivity contribution in [3.05, 3.63) is 35.4 Å². The summed E-state index contributed by atoms with van der Waals surface area (Å²) >= 11 is 3.07. The zero-order chi connectivity index (χ0) is 26.9. The average Bonchev–Trinajstić information content (AvgIpc) is 3.38. The maximum absolute atomic E-state index is 12.6. The van der Waals surface area contributed by atoms with Crippen molar-refractivity contribution in [3.63, 3.8) is 0 Å². The second-order valence-electron chi connectivity index (χ2n) is 11.3. The Kier molecular flexibility index (Phi) is 12.1. The molecule has 0 bridgehead atoms. The van der Waals surface area contributed by atoms with Crippen LogP contribution in [-0.2, 0) is 14.0 Å². The Labute approximate surface area is 227 Å². The first-order chi connectivity index (χ1) is 16.8. The van der Waals surface area contributed by atoms with Crippen LogP contribution in [0.4, 0.5) is 0 Å². The highest BCUT2D eigenvalue weighted by atomic mass is 32.2. The van der Waals surface area contributed by atoms with Crippen molar-refractivity contribution in [2.45, 2.75) is 102 Å². The standard InChI is InChI=1S/C28H45NO4S2Si/c1-9-32-26(31)24-19-35-27(29-24)34-18-17-23-21(14-16-25(23)30)11-10-12-22(15-13-20(2)3)33-36(7,8)28(4,5)6/h10-11,19,21-23H,2,9,12-18H2,1,3-8H3/t21-,22?,23+/m0/s1. The largest absolute Gasteiger partial charge is 0.461 e. The fourth-order valence-electron chi connectivity index (χ4n) is 4.07. The minimum atomic E-state index is -1.86. The van der Waals surface area contributed by atoms with Crippen molar-refractivity contribution in [3.8, 4) is 0 Å². The van der Waals surface area contributed by atoms with Crippen LogP contribution in [0.15, 0.2) is 34.0 Å². The summed E-state index contributed by atoms with van der Waals surface area (Å²) in [5.41, 5.74) is 1.56. The summed E-state index contributed by atoms with van der Waals surface area (Å²) in [6.45, 7) is 19.7. The summed E-state index contributed by atoms with van der Waals surface area (Å²) in [5.74, 6) is 1.16. The molecule has 0 aromatic carbocycles. The number of carbonyl (C=O) groups is 2. The molecule has 3 atom stereocenters. The van der Waals surface area contributed by atoms with E-state index in [1.54, 1.807) is 24.1 Å². The third-order valence-corrected chi connectivity index (χ3v) is 13.8. The van der Waals surface area contributed by atoms with E-state index in [-0.39, 0.29) is 23.0 Å². The van der Waals surface area contributed by atoms with Crippen molar-refractivity contribution in [1.29, 1.82) is 0 Å². The van der Waals surface area contributed by atoms with Crippen LogP contribution in [0.3, 0.4) is 0 Å². The number of allylic oxidation sites excluding steroid dienone is 2. The lowest BCUT2D eigenvalue weighted by molar-refractivity contribution is -0.121. The fraction of sp³-hybridized carbons (Fsp3) is 0.679. The minimum absolute atomic E-state index is 0.0634. The molecule has 0 amide bonds. The van der Waals surface area contributed by atoms with Gasteiger partial charge in [-0.3, -0.25) is 4.79 Å². The van der Waals surface area contributed by atoms with Crippen molar-refractivity contribution < 1.29 is 18.8 Å². The third kappa shape index (κ3) is 9.58. The van der Waals surface area contributed by atoms with E-state index in [9.17, 15) is 9.59 Å². The van der Waals surface area contributed by atoms with Crippen LogP contribution in [0.2, 0.25) is 18.1 Å². The smallest absolute Gasteiger partial charge is 0.357 e. The molecule has 1 aromatic heterocycles. The number of aromatic nitrogens is 1. The van der Waals surface area contributed by atoms with Gasteiger partial charge >= 0.3 is 5.97 Å². The molecule has 0 aliphatic heterocycles. The van der Waals surface area contributed by atoms with Crippen LogP contribution in [0.5, 0.6) is 0 Å². The van der Waals surface area contributed by atoms with Gasteiger partial charge in [0.25, 0.3) is 0 Å². The first-order valence-electron chi connectivity index (χ1n) is 13.1. The van der Waals surface area contributed by atoms with E-state index < -0.39 is 8.32 Å². The van der Waals surface area contributed by atoms with Crippen LogP contribution in [0.1, 0.15) is 83.6 Å². The number of hydrogen-bond donors (Lipinski definition) is 0. The molecule has 1 unspecified atom stereocenters. The second kappa shape index (κ2) is 14.1. The van der Waals surface area contributed by atoms with Crippen LogP contribution < -0.4 is 0 Å². The molecule has 0 N–H and O–H groups in total. The van der Waals surface area contributed by atoms with Gasteiger partial charge in [0.2, 0.25) is 0 Å². The van der Waals surface area contributed by atoms with Crippen LogP contribution in [0, 0.1) is 11.8 Å². The van der Waals surface area contributed by atoms with Crippen molar-refractivity contribution in [2.75, 3.05) is 12.4 Å². The maximum Gasteiger partial charge on any atom is 0.357 e.